The minimum absolute atomic E-state index is 0.0446. The summed E-state index contributed by atoms with van der Waals surface area (Å²) in [5.74, 6) is 0.417. The quantitative estimate of drug-likeness (QED) is 0.813. The van der Waals surface area contributed by atoms with Crippen LogP contribution in [-0.2, 0) is 4.79 Å². The van der Waals surface area contributed by atoms with Gasteiger partial charge in [-0.1, -0.05) is 33.6 Å². The highest BCUT2D eigenvalue weighted by molar-refractivity contribution is 5.77. The molecule has 0 aromatic carbocycles. The van der Waals surface area contributed by atoms with Crippen molar-refractivity contribution in [2.24, 2.45) is 17.1 Å². The van der Waals surface area contributed by atoms with Crippen LogP contribution in [0.2, 0.25) is 0 Å². The lowest BCUT2D eigenvalue weighted by molar-refractivity contribution is -0.144. The lowest BCUT2D eigenvalue weighted by atomic mass is 9.71. The van der Waals surface area contributed by atoms with Crippen LogP contribution < -0.4 is 5.73 Å². The highest BCUT2D eigenvalue weighted by atomic mass is 16.3. The van der Waals surface area contributed by atoms with Crippen molar-refractivity contribution in [2.45, 2.75) is 70.9 Å². The molecule has 0 spiro atoms. The molecule has 116 valence electrons. The van der Waals surface area contributed by atoms with Crippen LogP contribution >= 0.6 is 0 Å². The summed E-state index contributed by atoms with van der Waals surface area (Å²) >= 11 is 0. The molecule has 0 aromatic heterocycles. The minimum Gasteiger partial charge on any atom is -0.389 e. The molecule has 4 nitrogen and oxygen atoms in total. The molecule has 0 bridgehead atoms. The van der Waals surface area contributed by atoms with Crippen LogP contribution in [0.1, 0.15) is 59.3 Å². The minimum atomic E-state index is -0.513. The first-order chi connectivity index (χ1) is 9.22. The number of hydrogen-bond acceptors (Lipinski definition) is 3. The van der Waals surface area contributed by atoms with Crippen LogP contribution in [0.4, 0.5) is 0 Å². The van der Waals surface area contributed by atoms with E-state index in [1.54, 1.807) is 0 Å². The van der Waals surface area contributed by atoms with Crippen molar-refractivity contribution in [1.82, 2.24) is 4.90 Å². The predicted octanol–water partition coefficient (Wildman–Crippen LogP) is 1.90. The summed E-state index contributed by atoms with van der Waals surface area (Å²) in [5.41, 5.74) is 5.56. The molecule has 0 aromatic rings. The third kappa shape index (κ3) is 3.34. The van der Waals surface area contributed by atoms with Gasteiger partial charge in [0.1, 0.15) is 0 Å². The van der Waals surface area contributed by atoms with Crippen molar-refractivity contribution in [2.75, 3.05) is 13.1 Å². The van der Waals surface area contributed by atoms with Crippen LogP contribution in [0.3, 0.4) is 0 Å². The molecule has 2 fully saturated rings. The molecule has 20 heavy (non-hydrogen) atoms. The number of rotatable bonds is 2. The molecule has 3 atom stereocenters. The summed E-state index contributed by atoms with van der Waals surface area (Å²) in [5, 5.41) is 10.6. The Hall–Kier alpha value is -0.610. The van der Waals surface area contributed by atoms with Gasteiger partial charge >= 0.3 is 0 Å². The summed E-state index contributed by atoms with van der Waals surface area (Å²) in [7, 11) is 0. The summed E-state index contributed by atoms with van der Waals surface area (Å²) in [6, 6.07) is -0.109. The molecular formula is C16H30N2O2. The predicted molar refractivity (Wildman–Crippen MR) is 80.2 cm³/mol. The lowest BCUT2D eigenvalue weighted by Gasteiger charge is -2.47. The summed E-state index contributed by atoms with van der Waals surface area (Å²) < 4.78 is 0. The van der Waals surface area contributed by atoms with Gasteiger partial charge in [0, 0.05) is 31.5 Å². The van der Waals surface area contributed by atoms with E-state index >= 15 is 0 Å². The van der Waals surface area contributed by atoms with Gasteiger partial charge in [0.15, 0.2) is 0 Å². The van der Waals surface area contributed by atoms with E-state index < -0.39 is 5.60 Å². The van der Waals surface area contributed by atoms with E-state index in [9.17, 15) is 9.90 Å². The maximum absolute atomic E-state index is 12.4. The first kappa shape index (κ1) is 15.8. The number of carbonyl (C=O) groups is 1. The van der Waals surface area contributed by atoms with Crippen LogP contribution in [0.25, 0.3) is 0 Å². The van der Waals surface area contributed by atoms with Gasteiger partial charge in [-0.25, -0.2) is 0 Å². The van der Waals surface area contributed by atoms with Gasteiger partial charge in [-0.15, -0.1) is 0 Å². The van der Waals surface area contributed by atoms with Crippen LogP contribution in [0.15, 0.2) is 0 Å². The SMILES string of the molecule is CC(C)(C)C(N)CC(=O)N1CCC2(O)CCCCC2C1. The van der Waals surface area contributed by atoms with E-state index in [4.69, 9.17) is 5.73 Å². The van der Waals surface area contributed by atoms with Gasteiger partial charge in [0.25, 0.3) is 0 Å². The third-order valence-corrected chi connectivity index (χ3v) is 5.29. The van der Waals surface area contributed by atoms with E-state index in [1.165, 1.54) is 6.42 Å². The Morgan fingerprint density at radius 2 is 2.10 bits per heavy atom. The van der Waals surface area contributed by atoms with Crippen molar-refractivity contribution in [3.8, 4) is 0 Å². The normalized spacial score (nSPS) is 32.6. The average molecular weight is 282 g/mol. The Morgan fingerprint density at radius 1 is 1.40 bits per heavy atom. The van der Waals surface area contributed by atoms with Gasteiger partial charge in [0.2, 0.25) is 5.91 Å². The van der Waals surface area contributed by atoms with E-state index in [2.05, 4.69) is 20.8 Å². The molecule has 1 aliphatic heterocycles. The fraction of sp³-hybridized carbons (Fsp3) is 0.938. The van der Waals surface area contributed by atoms with Crippen LogP contribution in [-0.4, -0.2) is 40.6 Å². The van der Waals surface area contributed by atoms with Crippen molar-refractivity contribution in [3.63, 3.8) is 0 Å². The Bertz CT molecular complexity index is 364. The first-order valence-electron chi connectivity index (χ1n) is 7.98. The number of nitrogens with two attached hydrogens (primary N) is 1. The second-order valence-electron chi connectivity index (χ2n) is 7.81. The maximum atomic E-state index is 12.4. The molecule has 1 aliphatic carbocycles. The summed E-state index contributed by atoms with van der Waals surface area (Å²) in [4.78, 5) is 14.3. The van der Waals surface area contributed by atoms with Crippen molar-refractivity contribution in [3.05, 3.63) is 0 Å². The Kier molecular flexibility index (Phi) is 4.45. The molecule has 3 N–H and O–H groups in total. The zero-order chi connectivity index (χ0) is 15.0. The fourth-order valence-electron chi connectivity index (χ4n) is 3.42. The molecule has 0 radical (unpaired) electrons. The van der Waals surface area contributed by atoms with Crippen molar-refractivity contribution < 1.29 is 9.90 Å². The van der Waals surface area contributed by atoms with Crippen LogP contribution in [0.5, 0.6) is 0 Å². The zero-order valence-electron chi connectivity index (χ0n) is 13.2. The van der Waals surface area contributed by atoms with Gasteiger partial charge in [-0.2, -0.15) is 0 Å². The molecule has 1 amide bonds. The smallest absolute Gasteiger partial charge is 0.224 e. The first-order valence-corrected chi connectivity index (χ1v) is 7.98. The summed E-state index contributed by atoms with van der Waals surface area (Å²) in [6.07, 6.45) is 5.39. The molecule has 1 heterocycles. The Morgan fingerprint density at radius 3 is 2.75 bits per heavy atom. The van der Waals surface area contributed by atoms with E-state index in [0.717, 1.165) is 25.7 Å². The van der Waals surface area contributed by atoms with E-state index in [0.29, 0.717) is 19.5 Å². The Labute approximate surface area is 122 Å². The zero-order valence-corrected chi connectivity index (χ0v) is 13.2. The van der Waals surface area contributed by atoms with Crippen molar-refractivity contribution >= 4 is 5.91 Å². The molecule has 2 aliphatic rings. The Balaban J connectivity index is 1.93. The molecule has 1 saturated carbocycles. The molecular weight excluding hydrogens is 252 g/mol. The molecule has 2 rings (SSSR count). The number of amides is 1. The highest BCUT2D eigenvalue weighted by Crippen LogP contribution is 2.40. The van der Waals surface area contributed by atoms with Gasteiger partial charge < -0.3 is 15.7 Å². The number of hydrogen-bond donors (Lipinski definition) is 2. The molecule has 3 unspecified atom stereocenters. The second kappa shape index (κ2) is 5.64. The monoisotopic (exact) mass is 282 g/mol. The fourth-order valence-corrected chi connectivity index (χ4v) is 3.42. The molecule has 1 saturated heterocycles. The number of likely N-dealkylation sites (tertiary alicyclic amines) is 1. The standard InChI is InChI=1S/C16H30N2O2/c1-15(2,3)13(17)10-14(19)18-9-8-16(20)7-5-4-6-12(16)11-18/h12-13,20H,4-11,17H2,1-3H3. The summed E-state index contributed by atoms with van der Waals surface area (Å²) in [6.45, 7) is 7.61. The second-order valence-corrected chi connectivity index (χ2v) is 7.81. The number of carbonyl (C=O) groups excluding carboxylic acids is 1. The largest absolute Gasteiger partial charge is 0.389 e. The number of nitrogens with zero attached hydrogens (tertiary/aromatic N) is 1. The number of piperidine rings is 1. The third-order valence-electron chi connectivity index (χ3n) is 5.29. The maximum Gasteiger partial charge on any atom is 0.224 e. The van der Waals surface area contributed by atoms with E-state index in [-0.39, 0.29) is 23.3 Å². The highest BCUT2D eigenvalue weighted by Gasteiger charge is 2.43. The van der Waals surface area contributed by atoms with Gasteiger partial charge in [-0.3, -0.25) is 4.79 Å². The molecule has 4 heteroatoms. The van der Waals surface area contributed by atoms with E-state index in [1.807, 2.05) is 4.90 Å². The lowest BCUT2D eigenvalue weighted by Crippen LogP contribution is -2.55. The van der Waals surface area contributed by atoms with Gasteiger partial charge in [-0.05, 0) is 24.7 Å². The van der Waals surface area contributed by atoms with Crippen LogP contribution in [0, 0.1) is 11.3 Å². The number of fused-ring (bicyclic) bond motifs is 1. The van der Waals surface area contributed by atoms with Gasteiger partial charge in [0.05, 0.1) is 5.60 Å². The van der Waals surface area contributed by atoms with Crippen molar-refractivity contribution in [1.29, 1.82) is 0 Å². The number of aliphatic hydroxyl groups is 1. The average Bonchev–Trinajstić information content (AvgIpc) is 2.36. The topological polar surface area (TPSA) is 66.6 Å².